The summed E-state index contributed by atoms with van der Waals surface area (Å²) in [7, 11) is 1.41. The number of aliphatic carboxylic acids is 1. The lowest BCUT2D eigenvalue weighted by Crippen LogP contribution is -2.40. The second-order valence-electron chi connectivity index (χ2n) is 3.71. The molecule has 1 aromatic rings. The lowest BCUT2D eigenvalue weighted by Gasteiger charge is -2.14. The third-order valence-corrected chi connectivity index (χ3v) is 4.25. The predicted octanol–water partition coefficient (Wildman–Crippen LogP) is 1.80. The highest BCUT2D eigenvalue weighted by Crippen LogP contribution is 2.21. The van der Waals surface area contributed by atoms with Gasteiger partial charge in [0.1, 0.15) is 0 Å². The Labute approximate surface area is 123 Å². The highest BCUT2D eigenvalue weighted by molar-refractivity contribution is 9.10. The molecule has 0 aromatic carbocycles. The Kier molecular flexibility index (Phi) is 6.82. The molecule has 1 heterocycles. The van der Waals surface area contributed by atoms with Crippen LogP contribution in [-0.2, 0) is 16.1 Å². The van der Waals surface area contributed by atoms with Crippen LogP contribution in [0.25, 0.3) is 0 Å². The van der Waals surface area contributed by atoms with Crippen molar-refractivity contribution in [1.82, 2.24) is 10.6 Å². The average Bonchev–Trinajstić information content (AvgIpc) is 2.77. The summed E-state index contributed by atoms with van der Waals surface area (Å²) in [5.74, 6) is -0.962. The van der Waals surface area contributed by atoms with Crippen molar-refractivity contribution >= 4 is 39.3 Å². The minimum atomic E-state index is -0.962. The molecular formula is C11H15BrN2O4S. The lowest BCUT2D eigenvalue weighted by molar-refractivity contribution is -0.139. The molecule has 2 amide bonds. The number of rotatable bonds is 7. The van der Waals surface area contributed by atoms with E-state index >= 15 is 0 Å². The molecule has 0 bridgehead atoms. The maximum Gasteiger partial charge on any atom is 0.315 e. The smallest absolute Gasteiger partial charge is 0.315 e. The van der Waals surface area contributed by atoms with E-state index in [4.69, 9.17) is 9.84 Å². The van der Waals surface area contributed by atoms with Crippen LogP contribution in [0.2, 0.25) is 0 Å². The van der Waals surface area contributed by atoms with Crippen LogP contribution in [-0.4, -0.2) is 36.9 Å². The number of nitrogens with one attached hydrogen (secondary N) is 2. The molecule has 1 unspecified atom stereocenters. The summed E-state index contributed by atoms with van der Waals surface area (Å²) < 4.78 is 5.91. The standard InChI is InChI=1S/C11H15BrN2O4S/c1-18-7(4-10(15)16)5-13-11(17)14-6-9-8(12)2-3-19-9/h2-3,7H,4-6H2,1H3,(H,15,16)(H2,13,14,17). The van der Waals surface area contributed by atoms with E-state index < -0.39 is 12.1 Å². The summed E-state index contributed by atoms with van der Waals surface area (Å²) in [6.45, 7) is 0.570. The first-order chi connectivity index (χ1) is 9.02. The molecule has 3 N–H and O–H groups in total. The number of amides is 2. The number of carboxylic acids is 1. The summed E-state index contributed by atoms with van der Waals surface area (Å²) in [6.07, 6.45) is -0.676. The van der Waals surface area contributed by atoms with Crippen LogP contribution in [0, 0.1) is 0 Å². The number of carboxylic acid groups (broad SMARTS) is 1. The van der Waals surface area contributed by atoms with E-state index in [2.05, 4.69) is 26.6 Å². The van der Waals surface area contributed by atoms with Gasteiger partial charge in [0.2, 0.25) is 0 Å². The third kappa shape index (κ3) is 6.04. The van der Waals surface area contributed by atoms with E-state index in [-0.39, 0.29) is 19.0 Å². The summed E-state index contributed by atoms with van der Waals surface area (Å²) >= 11 is 4.91. The highest BCUT2D eigenvalue weighted by atomic mass is 79.9. The molecule has 0 radical (unpaired) electrons. The predicted molar refractivity (Wildman–Crippen MR) is 75.3 cm³/mol. The summed E-state index contributed by atoms with van der Waals surface area (Å²) in [4.78, 5) is 23.1. The third-order valence-electron chi connectivity index (χ3n) is 2.33. The molecule has 6 nitrogen and oxygen atoms in total. The van der Waals surface area contributed by atoms with Crippen LogP contribution in [0.15, 0.2) is 15.9 Å². The number of hydrogen-bond donors (Lipinski definition) is 3. The van der Waals surface area contributed by atoms with Gasteiger partial charge in [-0.15, -0.1) is 11.3 Å². The summed E-state index contributed by atoms with van der Waals surface area (Å²) in [5.41, 5.74) is 0. The van der Waals surface area contributed by atoms with Crippen molar-refractivity contribution < 1.29 is 19.4 Å². The second kappa shape index (κ2) is 8.13. The topological polar surface area (TPSA) is 87.7 Å². The van der Waals surface area contributed by atoms with Crippen molar-refractivity contribution in [2.24, 2.45) is 0 Å². The molecule has 19 heavy (non-hydrogen) atoms. The van der Waals surface area contributed by atoms with Gasteiger partial charge in [0, 0.05) is 23.0 Å². The van der Waals surface area contributed by atoms with Gasteiger partial charge in [-0.3, -0.25) is 4.79 Å². The number of ether oxygens (including phenoxy) is 1. The molecule has 106 valence electrons. The van der Waals surface area contributed by atoms with Crippen molar-refractivity contribution in [3.63, 3.8) is 0 Å². The van der Waals surface area contributed by atoms with Gasteiger partial charge in [0.05, 0.1) is 19.1 Å². The zero-order valence-corrected chi connectivity index (χ0v) is 12.7. The zero-order chi connectivity index (χ0) is 14.3. The fourth-order valence-corrected chi connectivity index (χ4v) is 2.75. The maximum absolute atomic E-state index is 11.5. The Bertz CT molecular complexity index is 438. The Morgan fingerprint density at radius 2 is 2.26 bits per heavy atom. The van der Waals surface area contributed by atoms with Crippen molar-refractivity contribution in [2.75, 3.05) is 13.7 Å². The largest absolute Gasteiger partial charge is 0.481 e. The Hall–Kier alpha value is -1.12. The molecule has 8 heteroatoms. The average molecular weight is 351 g/mol. The normalized spacial score (nSPS) is 11.9. The zero-order valence-electron chi connectivity index (χ0n) is 10.3. The van der Waals surface area contributed by atoms with Crippen LogP contribution in [0.4, 0.5) is 4.79 Å². The molecule has 0 fully saturated rings. The minimum absolute atomic E-state index is 0.146. The molecule has 0 aliphatic carbocycles. The van der Waals surface area contributed by atoms with Gasteiger partial charge in [-0.25, -0.2) is 4.79 Å². The summed E-state index contributed by atoms with van der Waals surface area (Å²) in [5, 5.41) is 15.8. The Morgan fingerprint density at radius 3 is 2.79 bits per heavy atom. The van der Waals surface area contributed by atoms with E-state index in [1.165, 1.54) is 18.4 Å². The monoisotopic (exact) mass is 350 g/mol. The van der Waals surface area contributed by atoms with Gasteiger partial charge in [0.25, 0.3) is 0 Å². The van der Waals surface area contributed by atoms with Crippen molar-refractivity contribution in [3.8, 4) is 0 Å². The fourth-order valence-electron chi connectivity index (χ4n) is 1.31. The molecule has 0 saturated carbocycles. The lowest BCUT2D eigenvalue weighted by atomic mass is 10.2. The van der Waals surface area contributed by atoms with Gasteiger partial charge in [0.15, 0.2) is 0 Å². The first kappa shape index (κ1) is 15.9. The first-order valence-corrected chi connectivity index (χ1v) is 7.18. The van der Waals surface area contributed by atoms with Crippen molar-refractivity contribution in [1.29, 1.82) is 0 Å². The van der Waals surface area contributed by atoms with Crippen LogP contribution in [0.5, 0.6) is 0 Å². The van der Waals surface area contributed by atoms with Gasteiger partial charge >= 0.3 is 12.0 Å². The van der Waals surface area contributed by atoms with Gasteiger partial charge < -0.3 is 20.5 Å². The van der Waals surface area contributed by atoms with Crippen molar-refractivity contribution in [3.05, 3.63) is 20.8 Å². The quantitative estimate of drug-likeness (QED) is 0.699. The molecule has 1 atom stereocenters. The number of thiophene rings is 1. The van der Waals surface area contributed by atoms with Gasteiger partial charge in [-0.1, -0.05) is 0 Å². The van der Waals surface area contributed by atoms with Crippen LogP contribution in [0.3, 0.4) is 0 Å². The Balaban J connectivity index is 2.27. The van der Waals surface area contributed by atoms with Crippen LogP contribution in [0.1, 0.15) is 11.3 Å². The van der Waals surface area contributed by atoms with Gasteiger partial charge in [-0.05, 0) is 27.4 Å². The van der Waals surface area contributed by atoms with Gasteiger partial charge in [-0.2, -0.15) is 0 Å². The number of methoxy groups -OCH3 is 1. The Morgan fingerprint density at radius 1 is 1.53 bits per heavy atom. The minimum Gasteiger partial charge on any atom is -0.481 e. The van der Waals surface area contributed by atoms with E-state index in [9.17, 15) is 9.59 Å². The number of hydrogen-bond acceptors (Lipinski definition) is 4. The molecule has 0 saturated heterocycles. The number of halogens is 1. The highest BCUT2D eigenvalue weighted by Gasteiger charge is 2.13. The molecule has 0 aliphatic heterocycles. The molecule has 0 aliphatic rings. The SMILES string of the molecule is COC(CNC(=O)NCc1sccc1Br)CC(=O)O. The van der Waals surface area contributed by atoms with Crippen LogP contribution < -0.4 is 10.6 Å². The van der Waals surface area contributed by atoms with E-state index in [0.29, 0.717) is 6.54 Å². The van der Waals surface area contributed by atoms with Crippen LogP contribution >= 0.6 is 27.3 Å². The number of carbonyl (C=O) groups excluding carboxylic acids is 1. The molecule has 1 aromatic heterocycles. The number of urea groups is 1. The van der Waals surface area contributed by atoms with E-state index in [1.54, 1.807) is 0 Å². The van der Waals surface area contributed by atoms with E-state index in [0.717, 1.165) is 9.35 Å². The molecule has 1 rings (SSSR count). The molecular weight excluding hydrogens is 336 g/mol. The molecule has 0 spiro atoms. The summed E-state index contributed by atoms with van der Waals surface area (Å²) in [6, 6.07) is 1.56. The number of carbonyl (C=O) groups is 2. The fraction of sp³-hybridized carbons (Fsp3) is 0.455. The van der Waals surface area contributed by atoms with E-state index in [1.807, 2.05) is 11.4 Å². The van der Waals surface area contributed by atoms with Crippen molar-refractivity contribution in [2.45, 2.75) is 19.1 Å². The maximum atomic E-state index is 11.5. The first-order valence-electron chi connectivity index (χ1n) is 5.51. The second-order valence-corrected chi connectivity index (χ2v) is 5.57.